The predicted octanol–water partition coefficient (Wildman–Crippen LogP) is 2.36. The summed E-state index contributed by atoms with van der Waals surface area (Å²) in [6.45, 7) is -0.176. The zero-order chi connectivity index (χ0) is 19.1. The summed E-state index contributed by atoms with van der Waals surface area (Å²) in [6.07, 6.45) is 0.164. The largest absolute Gasteiger partial charge is 0.480 e. The fourth-order valence-corrected chi connectivity index (χ4v) is 2.68. The highest BCUT2D eigenvalue weighted by Crippen LogP contribution is 2.36. The summed E-state index contributed by atoms with van der Waals surface area (Å²) in [5.74, 6) is -0.776. The molecule has 0 radical (unpaired) electrons. The van der Waals surface area contributed by atoms with Crippen LogP contribution in [-0.2, 0) is 22.3 Å². The summed E-state index contributed by atoms with van der Waals surface area (Å²) in [7, 11) is -2.29. The highest BCUT2D eigenvalue weighted by atomic mass is 31.2. The lowest BCUT2D eigenvalue weighted by molar-refractivity contribution is -0.385. The molecule has 0 bridgehead atoms. The van der Waals surface area contributed by atoms with Crippen molar-refractivity contribution in [3.8, 4) is 5.75 Å². The summed E-state index contributed by atoms with van der Waals surface area (Å²) in [4.78, 5) is 31.0. The average Bonchev–Trinajstić information content (AvgIpc) is 2.61. The van der Waals surface area contributed by atoms with Gasteiger partial charge in [0.25, 0.3) is 5.69 Å². The Bertz CT molecular complexity index is 769. The van der Waals surface area contributed by atoms with Crippen molar-refractivity contribution in [1.29, 1.82) is 0 Å². The van der Waals surface area contributed by atoms with E-state index in [2.05, 4.69) is 0 Å². The second-order valence-electron chi connectivity index (χ2n) is 5.28. The Morgan fingerprint density at radius 3 is 2.50 bits per heavy atom. The minimum Gasteiger partial charge on any atom is -0.480 e. The van der Waals surface area contributed by atoms with Gasteiger partial charge >= 0.3 is 14.6 Å². The van der Waals surface area contributed by atoms with Gasteiger partial charge < -0.3 is 20.3 Å². The molecule has 0 fully saturated rings. The molecule has 0 amide bonds. The number of nitrogens with two attached hydrogens (primary N) is 1. The molecule has 2 aromatic rings. The van der Waals surface area contributed by atoms with Crippen LogP contribution in [0.1, 0.15) is 11.1 Å². The number of aliphatic carboxylic acids is 1. The first-order chi connectivity index (χ1) is 12.4. The highest BCUT2D eigenvalue weighted by molar-refractivity contribution is 7.41. The third-order valence-electron chi connectivity index (χ3n) is 3.40. The number of carbonyl (C=O) groups is 1. The lowest BCUT2D eigenvalue weighted by Gasteiger charge is -2.12. The Kier molecular flexibility index (Phi) is 6.99. The normalized spacial score (nSPS) is 13.0. The number of carboxylic acids is 1. The van der Waals surface area contributed by atoms with Crippen LogP contribution in [0.15, 0.2) is 48.5 Å². The minimum absolute atomic E-state index is 0.102. The molecule has 4 N–H and O–H groups in total. The molecule has 0 aliphatic heterocycles. The van der Waals surface area contributed by atoms with Crippen LogP contribution in [0.4, 0.5) is 5.69 Å². The van der Waals surface area contributed by atoms with Gasteiger partial charge in [-0.1, -0.05) is 24.3 Å². The van der Waals surface area contributed by atoms with Crippen LogP contribution in [0.5, 0.6) is 5.75 Å². The van der Waals surface area contributed by atoms with E-state index in [1.165, 1.54) is 18.2 Å². The number of benzene rings is 2. The van der Waals surface area contributed by atoms with Gasteiger partial charge in [-0.2, -0.15) is 0 Å². The van der Waals surface area contributed by atoms with E-state index in [1.807, 2.05) is 0 Å². The van der Waals surface area contributed by atoms with Gasteiger partial charge in [0.05, 0.1) is 17.1 Å². The first-order valence-electron chi connectivity index (χ1n) is 7.46. The van der Waals surface area contributed by atoms with Crippen molar-refractivity contribution in [3.63, 3.8) is 0 Å². The van der Waals surface area contributed by atoms with Crippen LogP contribution in [0, 0.1) is 10.1 Å². The molecule has 0 aliphatic carbocycles. The van der Waals surface area contributed by atoms with Crippen molar-refractivity contribution in [2.75, 3.05) is 0 Å². The van der Waals surface area contributed by atoms with Crippen LogP contribution < -0.4 is 10.3 Å². The van der Waals surface area contributed by atoms with Crippen molar-refractivity contribution < 1.29 is 28.8 Å². The summed E-state index contributed by atoms with van der Waals surface area (Å²) < 4.78 is 10.4. The number of hydrogen-bond acceptors (Lipinski definition) is 7. The summed E-state index contributed by atoms with van der Waals surface area (Å²) in [6, 6.07) is 11.4. The van der Waals surface area contributed by atoms with E-state index >= 15 is 0 Å². The molecule has 0 aliphatic rings. The lowest BCUT2D eigenvalue weighted by Crippen LogP contribution is -2.32. The Labute approximate surface area is 150 Å². The molecule has 9 nitrogen and oxygen atoms in total. The highest BCUT2D eigenvalue weighted by Gasteiger charge is 2.16. The van der Waals surface area contributed by atoms with Gasteiger partial charge in [-0.25, -0.2) is 0 Å². The maximum atomic E-state index is 10.9. The maximum absolute atomic E-state index is 10.9. The zero-order valence-electron chi connectivity index (χ0n) is 13.5. The van der Waals surface area contributed by atoms with Gasteiger partial charge in [-0.3, -0.25) is 19.4 Å². The summed E-state index contributed by atoms with van der Waals surface area (Å²) in [5, 5.41) is 19.7. The van der Waals surface area contributed by atoms with Crippen LogP contribution in [0.2, 0.25) is 0 Å². The minimum atomic E-state index is -2.29. The Morgan fingerprint density at radius 1 is 1.23 bits per heavy atom. The van der Waals surface area contributed by atoms with Crippen molar-refractivity contribution in [2.24, 2.45) is 5.73 Å². The molecule has 0 spiro atoms. The third kappa shape index (κ3) is 5.75. The molecule has 26 heavy (non-hydrogen) atoms. The van der Waals surface area contributed by atoms with Crippen LogP contribution in [-0.4, -0.2) is 26.9 Å². The van der Waals surface area contributed by atoms with E-state index in [0.29, 0.717) is 16.9 Å². The number of nitrogens with zero attached hydrogens (tertiary/aromatic N) is 1. The van der Waals surface area contributed by atoms with Crippen LogP contribution >= 0.6 is 8.60 Å². The van der Waals surface area contributed by atoms with E-state index in [1.54, 1.807) is 30.3 Å². The van der Waals surface area contributed by atoms with Crippen molar-refractivity contribution in [1.82, 2.24) is 0 Å². The molecule has 138 valence electrons. The quantitative estimate of drug-likeness (QED) is 0.341. The standard InChI is InChI=1S/C16H17N2O7P/c17-14(16(19)20)9-11-5-7-13(8-6-11)25-26(23)24-10-12-3-1-2-4-15(12)18(21)22/h1-8,14,23H,9-10,17H2,(H,19,20). The van der Waals surface area contributed by atoms with Gasteiger partial charge in [0.2, 0.25) is 0 Å². The summed E-state index contributed by atoms with van der Waals surface area (Å²) >= 11 is 0. The van der Waals surface area contributed by atoms with E-state index in [4.69, 9.17) is 19.9 Å². The number of hydrogen-bond donors (Lipinski definition) is 3. The molecule has 0 saturated heterocycles. The number of rotatable bonds is 9. The Hall–Kier alpha value is -2.58. The van der Waals surface area contributed by atoms with E-state index in [0.717, 1.165) is 0 Å². The fraction of sp³-hybridized carbons (Fsp3) is 0.188. The fourth-order valence-electron chi connectivity index (χ4n) is 2.08. The molecule has 2 unspecified atom stereocenters. The van der Waals surface area contributed by atoms with E-state index in [9.17, 15) is 19.8 Å². The Balaban J connectivity index is 1.89. The van der Waals surface area contributed by atoms with Gasteiger partial charge in [0, 0.05) is 6.07 Å². The monoisotopic (exact) mass is 380 g/mol. The SMILES string of the molecule is NC(Cc1ccc(OP(O)OCc2ccccc2[N+](=O)[O-])cc1)C(=O)O. The lowest BCUT2D eigenvalue weighted by atomic mass is 10.1. The molecule has 2 aromatic carbocycles. The number of nitro groups is 1. The first kappa shape index (κ1) is 19.7. The average molecular weight is 380 g/mol. The molecule has 10 heteroatoms. The molecule has 0 saturated carbocycles. The van der Waals surface area contributed by atoms with Gasteiger partial charge in [-0.15, -0.1) is 0 Å². The molecule has 2 atom stereocenters. The van der Waals surface area contributed by atoms with Crippen molar-refractivity contribution in [2.45, 2.75) is 19.1 Å². The van der Waals surface area contributed by atoms with Gasteiger partial charge in [-0.05, 0) is 30.2 Å². The number of para-hydroxylation sites is 1. The molecule has 0 heterocycles. The van der Waals surface area contributed by atoms with Crippen molar-refractivity contribution in [3.05, 3.63) is 69.8 Å². The molecular formula is C16H17N2O7P. The smallest absolute Gasteiger partial charge is 0.394 e. The topological polar surface area (TPSA) is 145 Å². The molecule has 2 rings (SSSR count). The first-order valence-corrected chi connectivity index (χ1v) is 8.59. The zero-order valence-corrected chi connectivity index (χ0v) is 14.4. The third-order valence-corrected chi connectivity index (χ3v) is 4.12. The number of nitro benzene ring substituents is 1. The summed E-state index contributed by atoms with van der Waals surface area (Å²) in [5.41, 5.74) is 6.38. The maximum Gasteiger partial charge on any atom is 0.394 e. The Morgan fingerprint density at radius 2 is 1.88 bits per heavy atom. The van der Waals surface area contributed by atoms with Crippen molar-refractivity contribution >= 4 is 20.3 Å². The van der Waals surface area contributed by atoms with Gasteiger partial charge in [0.1, 0.15) is 11.8 Å². The predicted molar refractivity (Wildman–Crippen MR) is 93.4 cm³/mol. The van der Waals surface area contributed by atoms with Gasteiger partial charge in [0.15, 0.2) is 0 Å². The number of carboxylic acid groups (broad SMARTS) is 1. The van der Waals surface area contributed by atoms with E-state index in [-0.39, 0.29) is 18.7 Å². The van der Waals surface area contributed by atoms with E-state index < -0.39 is 25.5 Å². The second kappa shape index (κ2) is 9.21. The van der Waals surface area contributed by atoms with Crippen LogP contribution in [0.25, 0.3) is 0 Å². The van der Waals surface area contributed by atoms with Crippen LogP contribution in [0.3, 0.4) is 0 Å². The molecular weight excluding hydrogens is 363 g/mol. The second-order valence-corrected chi connectivity index (χ2v) is 6.20. The molecule has 0 aromatic heterocycles.